The van der Waals surface area contributed by atoms with Crippen LogP contribution in [0.4, 0.5) is 5.69 Å². The zero-order valence-electron chi connectivity index (χ0n) is 18.3. The van der Waals surface area contributed by atoms with Crippen LogP contribution < -0.4 is 15.8 Å². The number of nitrogens with zero attached hydrogens (tertiary/aromatic N) is 4. The van der Waals surface area contributed by atoms with Crippen LogP contribution in [-0.4, -0.2) is 33.5 Å². The van der Waals surface area contributed by atoms with Crippen molar-refractivity contribution in [1.29, 1.82) is 0 Å². The van der Waals surface area contributed by atoms with Crippen molar-refractivity contribution < 1.29 is 4.79 Å². The fraction of sp³-hybridized carbons (Fsp3) is 0.240. The lowest BCUT2D eigenvalue weighted by molar-refractivity contribution is -0.119. The summed E-state index contributed by atoms with van der Waals surface area (Å²) in [6.07, 6.45) is 0. The maximum Gasteiger partial charge on any atom is 0.249 e. The molecule has 2 heterocycles. The van der Waals surface area contributed by atoms with Gasteiger partial charge in [0, 0.05) is 29.2 Å². The zero-order chi connectivity index (χ0) is 22.8. The van der Waals surface area contributed by atoms with Crippen LogP contribution in [0.5, 0.6) is 0 Å². The molecular weight excluding hydrogens is 436 g/mol. The minimum Gasteiger partial charge on any atom is -0.306 e. The van der Waals surface area contributed by atoms with Crippen molar-refractivity contribution in [3.8, 4) is 0 Å². The maximum atomic E-state index is 13.5. The zero-order valence-corrected chi connectivity index (χ0v) is 19.0. The molecule has 2 N–H and O–H groups in total. The Balaban J connectivity index is 1.44. The molecule has 4 aromatic rings. The summed E-state index contributed by atoms with van der Waals surface area (Å²) < 4.78 is 1.65. The number of nitrogens with one attached hydrogen (secondary N) is 2. The van der Waals surface area contributed by atoms with E-state index < -0.39 is 0 Å². The van der Waals surface area contributed by atoms with Gasteiger partial charge in [0.25, 0.3) is 0 Å². The summed E-state index contributed by atoms with van der Waals surface area (Å²) in [6, 6.07) is 23.8. The molecular formula is C25H25ClN6O. The van der Waals surface area contributed by atoms with E-state index in [2.05, 4.69) is 40.2 Å². The minimum absolute atomic E-state index is 0.0732. The summed E-state index contributed by atoms with van der Waals surface area (Å²) in [5.74, 6) is 0.314. The van der Waals surface area contributed by atoms with Crippen LogP contribution >= 0.6 is 11.6 Å². The Labute approximate surface area is 197 Å². The predicted molar refractivity (Wildman–Crippen MR) is 130 cm³/mol. The van der Waals surface area contributed by atoms with E-state index in [-0.39, 0.29) is 12.5 Å². The van der Waals surface area contributed by atoms with Gasteiger partial charge in [0.15, 0.2) is 0 Å². The predicted octanol–water partition coefficient (Wildman–Crippen LogP) is 3.90. The van der Waals surface area contributed by atoms with Crippen molar-refractivity contribution in [1.82, 2.24) is 25.8 Å². The molecule has 7 nitrogen and oxygen atoms in total. The van der Waals surface area contributed by atoms with Crippen molar-refractivity contribution in [2.45, 2.75) is 32.0 Å². The van der Waals surface area contributed by atoms with Gasteiger partial charge in [-0.05, 0) is 54.4 Å². The number of benzene rings is 3. The van der Waals surface area contributed by atoms with E-state index in [4.69, 9.17) is 11.6 Å². The third-order valence-electron chi connectivity index (χ3n) is 6.12. The van der Waals surface area contributed by atoms with Gasteiger partial charge in [0.05, 0.1) is 12.1 Å². The number of halogens is 1. The summed E-state index contributed by atoms with van der Waals surface area (Å²) in [6.45, 7) is 3.55. The van der Waals surface area contributed by atoms with E-state index in [9.17, 15) is 4.79 Å². The molecule has 1 aliphatic rings. The second kappa shape index (κ2) is 9.31. The largest absolute Gasteiger partial charge is 0.306 e. The summed E-state index contributed by atoms with van der Waals surface area (Å²) in [4.78, 5) is 15.3. The molecule has 0 aliphatic carbocycles. The van der Waals surface area contributed by atoms with Gasteiger partial charge < -0.3 is 4.90 Å². The van der Waals surface area contributed by atoms with Crippen LogP contribution in [0, 0.1) is 0 Å². The lowest BCUT2D eigenvalue weighted by atomic mass is 9.94. The van der Waals surface area contributed by atoms with Crippen LogP contribution in [0.2, 0.25) is 5.02 Å². The molecule has 1 aliphatic heterocycles. The molecule has 3 aromatic carbocycles. The molecule has 168 valence electrons. The molecule has 5 rings (SSSR count). The second-order valence-corrected chi connectivity index (χ2v) is 8.79. The molecule has 33 heavy (non-hydrogen) atoms. The monoisotopic (exact) mass is 460 g/mol. The van der Waals surface area contributed by atoms with E-state index in [0.29, 0.717) is 23.5 Å². The highest BCUT2D eigenvalue weighted by atomic mass is 35.5. The number of aromatic nitrogens is 3. The average molecular weight is 461 g/mol. The highest BCUT2D eigenvalue weighted by Crippen LogP contribution is 2.26. The van der Waals surface area contributed by atoms with Crippen molar-refractivity contribution in [3.05, 3.63) is 88.9 Å². The number of hydrogen-bond acceptors (Lipinski definition) is 5. The van der Waals surface area contributed by atoms with E-state index in [0.717, 1.165) is 28.8 Å². The Kier molecular flexibility index (Phi) is 6.09. The fourth-order valence-corrected chi connectivity index (χ4v) is 4.52. The summed E-state index contributed by atoms with van der Waals surface area (Å²) in [5, 5.41) is 9.01. The van der Waals surface area contributed by atoms with Gasteiger partial charge in [0.2, 0.25) is 5.91 Å². The van der Waals surface area contributed by atoms with Crippen molar-refractivity contribution in [3.63, 3.8) is 0 Å². The first-order chi connectivity index (χ1) is 16.1. The third-order valence-corrected chi connectivity index (χ3v) is 6.36. The Bertz CT molecular complexity index is 1270. The molecule has 0 bridgehead atoms. The number of hydrazine groups is 1. The number of fused-ring (bicyclic) bond motifs is 1. The van der Waals surface area contributed by atoms with Gasteiger partial charge >= 0.3 is 0 Å². The molecule has 2 unspecified atom stereocenters. The number of anilines is 1. The Morgan fingerprint density at radius 3 is 2.70 bits per heavy atom. The molecule has 0 saturated carbocycles. The standard InChI is InChI=1S/C25H25ClN6O/c1-17-22(14-27-28-17)19-9-11-21(12-10-19)31(15-18-5-4-6-20(26)13-18)25(33)16-32-24-8-3-2-7-23(24)29-30-32/h2-13,17,22,27-28H,14-16H2,1H3. The first kappa shape index (κ1) is 21.6. The number of carbonyl (C=O) groups is 1. The molecule has 1 fully saturated rings. The van der Waals surface area contributed by atoms with E-state index in [1.165, 1.54) is 5.56 Å². The van der Waals surface area contributed by atoms with Crippen LogP contribution in [0.1, 0.15) is 24.0 Å². The quantitative estimate of drug-likeness (QED) is 0.456. The average Bonchev–Trinajstić information content (AvgIpc) is 3.44. The van der Waals surface area contributed by atoms with E-state index in [1.54, 1.807) is 9.58 Å². The van der Waals surface area contributed by atoms with Crippen LogP contribution in [0.25, 0.3) is 11.0 Å². The topological polar surface area (TPSA) is 75.1 Å². The summed E-state index contributed by atoms with van der Waals surface area (Å²) in [5.41, 5.74) is 11.1. The number of amides is 1. The SMILES string of the molecule is CC1NNCC1c1ccc(N(Cc2cccc(Cl)c2)C(=O)Cn2nnc3ccccc32)cc1. The first-order valence-electron chi connectivity index (χ1n) is 11.0. The molecule has 0 spiro atoms. The van der Waals surface area contributed by atoms with Crippen molar-refractivity contribution >= 4 is 34.2 Å². The van der Waals surface area contributed by atoms with Crippen molar-refractivity contribution in [2.24, 2.45) is 0 Å². The second-order valence-electron chi connectivity index (χ2n) is 8.36. The first-order valence-corrected chi connectivity index (χ1v) is 11.4. The summed E-state index contributed by atoms with van der Waals surface area (Å²) >= 11 is 6.20. The normalized spacial score (nSPS) is 18.0. The Morgan fingerprint density at radius 2 is 1.94 bits per heavy atom. The molecule has 0 radical (unpaired) electrons. The van der Waals surface area contributed by atoms with E-state index >= 15 is 0 Å². The van der Waals surface area contributed by atoms with Crippen LogP contribution in [0.15, 0.2) is 72.8 Å². The number of rotatable bonds is 6. The van der Waals surface area contributed by atoms with Gasteiger partial charge in [-0.1, -0.05) is 53.2 Å². The van der Waals surface area contributed by atoms with Gasteiger partial charge in [-0.15, -0.1) is 5.10 Å². The lowest BCUT2D eigenvalue weighted by Gasteiger charge is -2.24. The van der Waals surface area contributed by atoms with Crippen molar-refractivity contribution in [2.75, 3.05) is 11.4 Å². The van der Waals surface area contributed by atoms with E-state index in [1.807, 2.05) is 60.7 Å². The molecule has 1 amide bonds. The lowest BCUT2D eigenvalue weighted by Crippen LogP contribution is -2.33. The number of para-hydroxylation sites is 1. The smallest absolute Gasteiger partial charge is 0.249 e. The minimum atomic E-state index is -0.0732. The molecule has 2 atom stereocenters. The van der Waals surface area contributed by atoms with Gasteiger partial charge in [0.1, 0.15) is 12.1 Å². The fourth-order valence-electron chi connectivity index (χ4n) is 4.30. The van der Waals surface area contributed by atoms with Gasteiger partial charge in [-0.3, -0.25) is 15.6 Å². The Hall–Kier alpha value is -3.26. The molecule has 1 aromatic heterocycles. The van der Waals surface area contributed by atoms with Gasteiger partial charge in [-0.25, -0.2) is 4.68 Å². The van der Waals surface area contributed by atoms with Crippen LogP contribution in [0.3, 0.4) is 0 Å². The number of hydrogen-bond donors (Lipinski definition) is 2. The highest BCUT2D eigenvalue weighted by molar-refractivity contribution is 6.30. The molecule has 8 heteroatoms. The molecule has 1 saturated heterocycles. The summed E-state index contributed by atoms with van der Waals surface area (Å²) in [7, 11) is 0. The third kappa shape index (κ3) is 4.61. The van der Waals surface area contributed by atoms with Gasteiger partial charge in [-0.2, -0.15) is 0 Å². The highest BCUT2D eigenvalue weighted by Gasteiger charge is 2.25. The van der Waals surface area contributed by atoms with Crippen LogP contribution in [-0.2, 0) is 17.9 Å². The number of carbonyl (C=O) groups excluding carboxylic acids is 1. The maximum absolute atomic E-state index is 13.5. The Morgan fingerprint density at radius 1 is 1.12 bits per heavy atom.